The second-order valence-electron chi connectivity index (χ2n) is 5.34. The van der Waals surface area contributed by atoms with Crippen molar-refractivity contribution in [3.63, 3.8) is 0 Å². The molecule has 2 heterocycles. The van der Waals surface area contributed by atoms with E-state index >= 15 is 0 Å². The maximum Gasteiger partial charge on any atom is 0.211 e. The quantitative estimate of drug-likeness (QED) is 0.874. The van der Waals surface area contributed by atoms with Gasteiger partial charge in [0.1, 0.15) is 0 Å². The molecule has 4 heteroatoms. The van der Waals surface area contributed by atoms with E-state index in [4.69, 9.17) is 4.74 Å². The number of nitrogens with zero attached hydrogens (tertiary/aromatic N) is 1. The van der Waals surface area contributed by atoms with E-state index in [-0.39, 0.29) is 11.9 Å². The Morgan fingerprint density at radius 3 is 2.77 bits per heavy atom. The summed E-state index contributed by atoms with van der Waals surface area (Å²) in [5, 5.41) is 3.24. The molecular formula is C18H18N2O2. The van der Waals surface area contributed by atoms with Crippen LogP contribution in [0.4, 0.5) is 5.69 Å². The molecule has 1 aliphatic heterocycles. The van der Waals surface area contributed by atoms with Crippen LogP contribution in [0.15, 0.2) is 48.4 Å². The number of methoxy groups -OCH3 is 1. The van der Waals surface area contributed by atoms with Gasteiger partial charge in [-0.1, -0.05) is 12.1 Å². The molecule has 2 aromatic rings. The number of ketones is 1. The third-order valence-corrected chi connectivity index (χ3v) is 4.08. The summed E-state index contributed by atoms with van der Waals surface area (Å²) in [4.78, 5) is 16.8. The normalized spacial score (nSPS) is 17.0. The lowest BCUT2D eigenvalue weighted by Gasteiger charge is -2.16. The van der Waals surface area contributed by atoms with Gasteiger partial charge in [0, 0.05) is 36.3 Å². The van der Waals surface area contributed by atoms with Crippen molar-refractivity contribution in [2.24, 2.45) is 0 Å². The average molecular weight is 294 g/mol. The maximum atomic E-state index is 12.6. The SMILES string of the molecule is CO[C@@H](C)c1cnccc1/C(C)=C1/Nc2ccccc2C1=O. The second-order valence-corrected chi connectivity index (χ2v) is 5.34. The monoisotopic (exact) mass is 294 g/mol. The number of hydrogen-bond acceptors (Lipinski definition) is 4. The van der Waals surface area contributed by atoms with Gasteiger partial charge in [-0.3, -0.25) is 9.78 Å². The van der Waals surface area contributed by atoms with Crippen LogP contribution >= 0.6 is 0 Å². The van der Waals surface area contributed by atoms with Crippen molar-refractivity contribution in [2.45, 2.75) is 20.0 Å². The molecule has 22 heavy (non-hydrogen) atoms. The highest BCUT2D eigenvalue weighted by Gasteiger charge is 2.27. The molecule has 0 saturated heterocycles. The van der Waals surface area contributed by atoms with Crippen LogP contribution in [0.25, 0.3) is 5.57 Å². The van der Waals surface area contributed by atoms with Crippen molar-refractivity contribution in [3.05, 3.63) is 65.1 Å². The molecule has 1 aromatic heterocycles. The van der Waals surface area contributed by atoms with E-state index in [0.717, 1.165) is 22.4 Å². The predicted molar refractivity (Wildman–Crippen MR) is 86.7 cm³/mol. The summed E-state index contributed by atoms with van der Waals surface area (Å²) in [7, 11) is 1.67. The Bertz CT molecular complexity index is 765. The summed E-state index contributed by atoms with van der Waals surface area (Å²) in [5.74, 6) is 0.0286. The Balaban J connectivity index is 2.09. The molecule has 112 valence electrons. The van der Waals surface area contributed by atoms with Gasteiger partial charge in [0.25, 0.3) is 0 Å². The first-order valence-corrected chi connectivity index (χ1v) is 7.22. The zero-order chi connectivity index (χ0) is 15.7. The van der Waals surface area contributed by atoms with Crippen LogP contribution in [0, 0.1) is 0 Å². The number of carbonyl (C=O) groups excluding carboxylic acids is 1. The van der Waals surface area contributed by atoms with Gasteiger partial charge in [-0.05, 0) is 43.2 Å². The number of anilines is 1. The smallest absolute Gasteiger partial charge is 0.211 e. The molecule has 0 radical (unpaired) electrons. The number of rotatable bonds is 3. The van der Waals surface area contributed by atoms with Crippen LogP contribution in [0.2, 0.25) is 0 Å². The van der Waals surface area contributed by atoms with Crippen LogP contribution in [0.3, 0.4) is 0 Å². The number of fused-ring (bicyclic) bond motifs is 1. The van der Waals surface area contributed by atoms with E-state index < -0.39 is 0 Å². The molecule has 0 aliphatic carbocycles. The molecule has 0 unspecified atom stereocenters. The highest BCUT2D eigenvalue weighted by Crippen LogP contribution is 2.34. The van der Waals surface area contributed by atoms with Crippen molar-refractivity contribution in [3.8, 4) is 0 Å². The third kappa shape index (κ3) is 2.31. The van der Waals surface area contributed by atoms with E-state index in [1.165, 1.54) is 0 Å². The molecule has 0 bridgehead atoms. The molecule has 4 nitrogen and oxygen atoms in total. The van der Waals surface area contributed by atoms with Crippen LogP contribution in [0.5, 0.6) is 0 Å². The van der Waals surface area contributed by atoms with E-state index in [1.54, 1.807) is 19.5 Å². The minimum Gasteiger partial charge on any atom is -0.377 e. The lowest BCUT2D eigenvalue weighted by atomic mass is 9.97. The molecule has 0 amide bonds. The summed E-state index contributed by atoms with van der Waals surface area (Å²) >= 11 is 0. The first-order valence-electron chi connectivity index (χ1n) is 7.22. The van der Waals surface area contributed by atoms with E-state index in [2.05, 4.69) is 10.3 Å². The predicted octanol–water partition coefficient (Wildman–Crippen LogP) is 3.83. The van der Waals surface area contributed by atoms with Crippen molar-refractivity contribution in [1.82, 2.24) is 4.98 Å². The summed E-state index contributed by atoms with van der Waals surface area (Å²) in [6.07, 6.45) is 3.44. The van der Waals surface area contributed by atoms with Gasteiger partial charge in [0.15, 0.2) is 0 Å². The van der Waals surface area contributed by atoms with Gasteiger partial charge in [-0.15, -0.1) is 0 Å². The number of aromatic nitrogens is 1. The van der Waals surface area contributed by atoms with Gasteiger partial charge in [0.05, 0.1) is 11.8 Å². The molecule has 1 atom stereocenters. The zero-order valence-electron chi connectivity index (χ0n) is 12.9. The Hall–Kier alpha value is -2.46. The number of Topliss-reactive ketones (excluding diaryl/α,β-unsaturated/α-hetero) is 1. The first-order chi connectivity index (χ1) is 10.6. The fourth-order valence-corrected chi connectivity index (χ4v) is 2.71. The number of nitrogens with one attached hydrogen (secondary N) is 1. The Morgan fingerprint density at radius 2 is 2.05 bits per heavy atom. The van der Waals surface area contributed by atoms with E-state index in [1.807, 2.05) is 44.2 Å². The van der Waals surface area contributed by atoms with Crippen LogP contribution in [-0.2, 0) is 4.74 Å². The second kappa shape index (κ2) is 5.73. The molecule has 0 saturated carbocycles. The fourth-order valence-electron chi connectivity index (χ4n) is 2.71. The number of carbonyl (C=O) groups is 1. The van der Waals surface area contributed by atoms with Gasteiger partial charge in [-0.25, -0.2) is 0 Å². The molecule has 3 rings (SSSR count). The van der Waals surface area contributed by atoms with Crippen molar-refractivity contribution in [1.29, 1.82) is 0 Å². The fraction of sp³-hybridized carbons (Fsp3) is 0.222. The van der Waals surface area contributed by atoms with Crippen LogP contribution in [-0.4, -0.2) is 17.9 Å². The number of pyridine rings is 1. The Labute approximate surface area is 129 Å². The van der Waals surface area contributed by atoms with E-state index in [0.29, 0.717) is 11.3 Å². The van der Waals surface area contributed by atoms with Crippen molar-refractivity contribution in [2.75, 3.05) is 12.4 Å². The summed E-state index contributed by atoms with van der Waals surface area (Å²) < 4.78 is 5.41. The van der Waals surface area contributed by atoms with Gasteiger partial charge < -0.3 is 10.1 Å². The molecule has 0 fully saturated rings. The lowest BCUT2D eigenvalue weighted by molar-refractivity contribution is 0.104. The topological polar surface area (TPSA) is 51.2 Å². The first kappa shape index (κ1) is 14.5. The van der Waals surface area contributed by atoms with Crippen molar-refractivity contribution < 1.29 is 9.53 Å². The Kier molecular flexibility index (Phi) is 3.77. The van der Waals surface area contributed by atoms with Gasteiger partial charge >= 0.3 is 0 Å². The number of benzene rings is 1. The largest absolute Gasteiger partial charge is 0.377 e. The molecular weight excluding hydrogens is 276 g/mol. The molecule has 1 aliphatic rings. The molecule has 1 aromatic carbocycles. The zero-order valence-corrected chi connectivity index (χ0v) is 12.9. The number of hydrogen-bond donors (Lipinski definition) is 1. The number of allylic oxidation sites excluding steroid dienone is 2. The third-order valence-electron chi connectivity index (χ3n) is 4.08. The van der Waals surface area contributed by atoms with Crippen LogP contribution < -0.4 is 5.32 Å². The maximum absolute atomic E-state index is 12.6. The standard InChI is InChI=1S/C18H18N2O2/c1-11(13-8-9-19-10-15(13)12(2)22-3)17-18(21)14-6-4-5-7-16(14)20-17/h4-10,12,20H,1-3H3/b17-11+/t12-/m0/s1. The highest BCUT2D eigenvalue weighted by molar-refractivity contribution is 6.21. The number of para-hydroxylation sites is 1. The van der Waals surface area contributed by atoms with Crippen molar-refractivity contribution >= 4 is 17.0 Å². The summed E-state index contributed by atoms with van der Waals surface area (Å²) in [6.45, 7) is 3.92. The molecule has 0 spiro atoms. The lowest BCUT2D eigenvalue weighted by Crippen LogP contribution is -2.07. The molecule has 1 N–H and O–H groups in total. The number of ether oxygens (including phenoxy) is 1. The van der Waals surface area contributed by atoms with E-state index in [9.17, 15) is 4.79 Å². The Morgan fingerprint density at radius 1 is 1.27 bits per heavy atom. The van der Waals surface area contributed by atoms with Gasteiger partial charge in [0.2, 0.25) is 5.78 Å². The minimum atomic E-state index is -0.0851. The van der Waals surface area contributed by atoms with Crippen LogP contribution in [0.1, 0.15) is 41.4 Å². The minimum absolute atomic E-state index is 0.0286. The van der Waals surface area contributed by atoms with Gasteiger partial charge in [-0.2, -0.15) is 0 Å². The summed E-state index contributed by atoms with van der Waals surface area (Å²) in [5.41, 5.74) is 5.05. The highest BCUT2D eigenvalue weighted by atomic mass is 16.5. The summed E-state index contributed by atoms with van der Waals surface area (Å²) in [6, 6.07) is 9.48. The average Bonchev–Trinajstić information content (AvgIpc) is 2.91.